The molecule has 1 amide bonds. The van der Waals surface area contributed by atoms with Crippen molar-refractivity contribution < 1.29 is 14.1 Å². The molecule has 1 heterocycles. The number of benzene rings is 1. The first kappa shape index (κ1) is 16.7. The molecule has 2 N–H and O–H groups in total. The molecule has 2 rings (SSSR count). The van der Waals surface area contributed by atoms with Crippen LogP contribution in [0.25, 0.3) is 6.08 Å². The average Bonchev–Trinajstić information content (AvgIpc) is 3.00. The Balaban J connectivity index is 1.98. The molecule has 0 radical (unpaired) electrons. The van der Waals surface area contributed by atoms with E-state index in [1.165, 1.54) is 36.6 Å². The molecule has 2 aromatic rings. The molecule has 0 unspecified atom stereocenters. The second kappa shape index (κ2) is 7.52. The van der Waals surface area contributed by atoms with Crippen LogP contribution >= 0.6 is 23.8 Å². The normalized spacial score (nSPS) is 10.5. The summed E-state index contributed by atoms with van der Waals surface area (Å²) in [6, 6.07) is 7.22. The van der Waals surface area contributed by atoms with Crippen molar-refractivity contribution in [2.45, 2.75) is 0 Å². The molecule has 0 bridgehead atoms. The highest BCUT2D eigenvalue weighted by atomic mass is 35.5. The summed E-state index contributed by atoms with van der Waals surface area (Å²) in [4.78, 5) is 21.9. The highest BCUT2D eigenvalue weighted by Crippen LogP contribution is 2.26. The minimum absolute atomic E-state index is 0.0403. The Hall–Kier alpha value is -2.71. The molecule has 0 aliphatic carbocycles. The molecule has 0 fully saturated rings. The Morgan fingerprint density at radius 3 is 2.83 bits per heavy atom. The van der Waals surface area contributed by atoms with Gasteiger partial charge >= 0.3 is 0 Å². The molecule has 1 aromatic carbocycles. The highest BCUT2D eigenvalue weighted by Gasteiger charge is 2.11. The summed E-state index contributed by atoms with van der Waals surface area (Å²) in [5.41, 5.74) is 0.0740. The van der Waals surface area contributed by atoms with Gasteiger partial charge in [0.15, 0.2) is 5.11 Å². The number of hydrogen-bond donors (Lipinski definition) is 2. The molecule has 118 valence electrons. The lowest BCUT2D eigenvalue weighted by Gasteiger charge is -2.09. The van der Waals surface area contributed by atoms with Crippen molar-refractivity contribution in [3.8, 4) is 0 Å². The molecule has 0 aliphatic rings. The number of hydrogen-bond acceptors (Lipinski definition) is 5. The molecule has 7 nitrogen and oxygen atoms in total. The Morgan fingerprint density at radius 1 is 1.39 bits per heavy atom. The third-order valence-electron chi connectivity index (χ3n) is 2.59. The van der Waals surface area contributed by atoms with Crippen LogP contribution in [0.1, 0.15) is 5.76 Å². The fraction of sp³-hybridized carbons (Fsp3) is 0. The van der Waals surface area contributed by atoms with E-state index in [1.54, 1.807) is 12.1 Å². The largest absolute Gasteiger partial charge is 0.465 e. The number of furan rings is 1. The summed E-state index contributed by atoms with van der Waals surface area (Å²) in [6.07, 6.45) is 4.19. The van der Waals surface area contributed by atoms with E-state index < -0.39 is 10.8 Å². The summed E-state index contributed by atoms with van der Waals surface area (Å²) in [7, 11) is 0. The number of nitro benzene ring substituents is 1. The molecule has 9 heteroatoms. The smallest absolute Gasteiger partial charge is 0.271 e. The third-order valence-corrected chi connectivity index (χ3v) is 3.12. The van der Waals surface area contributed by atoms with Crippen LogP contribution in [-0.4, -0.2) is 15.9 Å². The molecular weight excluding hydrogens is 342 g/mol. The standard InChI is InChI=1S/C14H10ClN3O4S/c15-11-5-3-9(18(20)21)8-12(11)16-14(23)17-13(19)6-4-10-2-1-7-22-10/h1-8H,(H2,16,17,19,23). The Labute approximate surface area is 141 Å². The van der Waals surface area contributed by atoms with Crippen LogP contribution < -0.4 is 10.6 Å². The van der Waals surface area contributed by atoms with E-state index in [9.17, 15) is 14.9 Å². The topological polar surface area (TPSA) is 97.4 Å². The van der Waals surface area contributed by atoms with Crippen LogP contribution in [0, 0.1) is 10.1 Å². The lowest BCUT2D eigenvalue weighted by atomic mass is 10.3. The summed E-state index contributed by atoms with van der Waals surface area (Å²) in [5, 5.41) is 16.0. The number of non-ortho nitro benzene ring substituents is 1. The summed E-state index contributed by atoms with van der Waals surface area (Å²) >= 11 is 10.9. The first-order valence-corrected chi connectivity index (χ1v) is 7.02. The fourth-order valence-electron chi connectivity index (χ4n) is 1.57. The van der Waals surface area contributed by atoms with E-state index in [4.69, 9.17) is 28.2 Å². The first-order valence-electron chi connectivity index (χ1n) is 6.23. The molecule has 0 saturated carbocycles. The van der Waals surface area contributed by atoms with Crippen LogP contribution in [0.5, 0.6) is 0 Å². The first-order chi connectivity index (χ1) is 11.0. The average molecular weight is 352 g/mol. The van der Waals surface area contributed by atoms with Gasteiger partial charge in [-0.15, -0.1) is 0 Å². The van der Waals surface area contributed by atoms with Gasteiger partial charge in [-0.1, -0.05) is 11.6 Å². The number of carbonyl (C=O) groups excluding carboxylic acids is 1. The van der Waals surface area contributed by atoms with Gasteiger partial charge in [-0.25, -0.2) is 0 Å². The van der Waals surface area contributed by atoms with Gasteiger partial charge in [0.25, 0.3) is 5.69 Å². The van der Waals surface area contributed by atoms with Crippen LogP contribution in [0.15, 0.2) is 47.1 Å². The maximum Gasteiger partial charge on any atom is 0.271 e. The highest BCUT2D eigenvalue weighted by molar-refractivity contribution is 7.80. The number of carbonyl (C=O) groups is 1. The summed E-state index contributed by atoms with van der Waals surface area (Å²) in [6.45, 7) is 0. The number of nitrogens with zero attached hydrogens (tertiary/aromatic N) is 1. The van der Waals surface area contributed by atoms with Gasteiger partial charge in [-0.2, -0.15) is 0 Å². The van der Waals surface area contributed by atoms with Gasteiger partial charge in [0.1, 0.15) is 5.76 Å². The number of thiocarbonyl (C=S) groups is 1. The molecule has 0 spiro atoms. The van der Waals surface area contributed by atoms with Crippen molar-refractivity contribution >= 4 is 52.3 Å². The predicted octanol–water partition coefficient (Wildman–Crippen LogP) is 3.37. The predicted molar refractivity (Wildman–Crippen MR) is 90.2 cm³/mol. The quantitative estimate of drug-likeness (QED) is 0.379. The Kier molecular flexibility index (Phi) is 5.45. The maximum atomic E-state index is 11.7. The number of nitro groups is 1. The monoisotopic (exact) mass is 351 g/mol. The maximum absolute atomic E-state index is 11.7. The minimum Gasteiger partial charge on any atom is -0.465 e. The van der Waals surface area contributed by atoms with Gasteiger partial charge in [0, 0.05) is 18.2 Å². The molecule has 1 aromatic heterocycles. The fourth-order valence-corrected chi connectivity index (χ4v) is 1.95. The van der Waals surface area contributed by atoms with Crippen LogP contribution in [0.2, 0.25) is 5.02 Å². The molecule has 23 heavy (non-hydrogen) atoms. The van der Waals surface area contributed by atoms with E-state index in [1.807, 2.05) is 0 Å². The van der Waals surface area contributed by atoms with Gasteiger partial charge in [0.05, 0.1) is 21.9 Å². The van der Waals surface area contributed by atoms with E-state index in [2.05, 4.69) is 10.6 Å². The van der Waals surface area contributed by atoms with E-state index in [0.29, 0.717) is 5.76 Å². The lowest BCUT2D eigenvalue weighted by molar-refractivity contribution is -0.384. The summed E-state index contributed by atoms with van der Waals surface area (Å²) < 4.78 is 5.04. The van der Waals surface area contributed by atoms with Crippen molar-refractivity contribution in [1.82, 2.24) is 5.32 Å². The van der Waals surface area contributed by atoms with Crippen molar-refractivity contribution in [3.05, 3.63) is 63.6 Å². The number of rotatable bonds is 4. The minimum atomic E-state index is -0.560. The lowest BCUT2D eigenvalue weighted by Crippen LogP contribution is -2.32. The van der Waals surface area contributed by atoms with E-state index in [0.717, 1.165) is 0 Å². The van der Waals surface area contributed by atoms with Crippen molar-refractivity contribution in [1.29, 1.82) is 0 Å². The summed E-state index contributed by atoms with van der Waals surface area (Å²) in [5.74, 6) is 0.0289. The van der Waals surface area contributed by atoms with Crippen LogP contribution in [-0.2, 0) is 4.79 Å². The Morgan fingerprint density at radius 2 is 2.17 bits per heavy atom. The van der Waals surface area contributed by atoms with Gasteiger partial charge in [-0.05, 0) is 36.5 Å². The van der Waals surface area contributed by atoms with Crippen molar-refractivity contribution in [3.63, 3.8) is 0 Å². The molecular formula is C14H10ClN3O4S. The second-order valence-electron chi connectivity index (χ2n) is 4.21. The molecule has 0 saturated heterocycles. The zero-order valence-corrected chi connectivity index (χ0v) is 13.1. The number of anilines is 1. The van der Waals surface area contributed by atoms with Crippen molar-refractivity contribution in [2.24, 2.45) is 0 Å². The second-order valence-corrected chi connectivity index (χ2v) is 5.03. The van der Waals surface area contributed by atoms with Crippen LogP contribution in [0.4, 0.5) is 11.4 Å². The zero-order valence-electron chi connectivity index (χ0n) is 11.5. The van der Waals surface area contributed by atoms with Gasteiger partial charge < -0.3 is 9.73 Å². The van der Waals surface area contributed by atoms with Gasteiger partial charge in [0.2, 0.25) is 5.91 Å². The van der Waals surface area contributed by atoms with E-state index in [-0.39, 0.29) is 21.5 Å². The third kappa shape index (κ3) is 4.90. The SMILES string of the molecule is O=C(C=Cc1ccco1)NC(=S)Nc1cc([N+](=O)[O-])ccc1Cl. The Bertz CT molecular complexity index is 774. The van der Waals surface area contributed by atoms with Gasteiger partial charge in [-0.3, -0.25) is 20.2 Å². The van der Waals surface area contributed by atoms with E-state index >= 15 is 0 Å². The zero-order chi connectivity index (χ0) is 16.8. The number of halogens is 1. The number of nitrogens with one attached hydrogen (secondary N) is 2. The van der Waals surface area contributed by atoms with Crippen LogP contribution in [0.3, 0.4) is 0 Å². The number of amides is 1. The van der Waals surface area contributed by atoms with Crippen molar-refractivity contribution in [2.75, 3.05) is 5.32 Å². The molecule has 0 atom stereocenters. The molecule has 0 aliphatic heterocycles.